The van der Waals surface area contributed by atoms with E-state index in [4.69, 9.17) is 24.7 Å². The predicted octanol–water partition coefficient (Wildman–Crippen LogP) is 6.43. The van der Waals surface area contributed by atoms with E-state index < -0.39 is 52.4 Å². The number of aliphatic hydroxyl groups is 2. The van der Waals surface area contributed by atoms with E-state index in [0.717, 1.165) is 0 Å². The van der Waals surface area contributed by atoms with Crippen LogP contribution >= 0.6 is 0 Å². The zero-order chi connectivity index (χ0) is 39.4. The Hall–Kier alpha value is -5.06. The highest BCUT2D eigenvalue weighted by Crippen LogP contribution is 2.51. The second-order valence-corrected chi connectivity index (χ2v) is 14.8. The standard InChI is InChI=1S/C44H54N2O8/c1-28(2)38(43(49,30-10-18-34(51-5)19-11-30)31-12-20-35(52-6)21-13-31)46(41(48)42(40(45)47)26-9-27-42)39(29(3)4)44(50,32-14-22-36(53-7)23-15-32)33-16-24-37(54-8)25-17-33/h10-25,28-29,38-39,49-50H,9,26-27H2,1-8H3,(H2,45,47). The van der Waals surface area contributed by atoms with E-state index >= 15 is 4.79 Å². The Balaban J connectivity index is 1.91. The lowest BCUT2D eigenvalue weighted by Crippen LogP contribution is -2.69. The molecule has 1 aliphatic rings. The minimum Gasteiger partial charge on any atom is -0.497 e. The highest BCUT2D eigenvalue weighted by molar-refractivity contribution is 6.05. The number of nitrogens with two attached hydrogens (primary N) is 1. The molecular formula is C44H54N2O8. The number of rotatable bonds is 16. The molecule has 2 unspecified atom stereocenters. The molecule has 0 aliphatic heterocycles. The van der Waals surface area contributed by atoms with Crippen LogP contribution in [0.3, 0.4) is 0 Å². The molecule has 2 amide bonds. The fourth-order valence-electron chi connectivity index (χ4n) is 8.18. The SMILES string of the molecule is COc1ccc(C(O)(c2ccc(OC)cc2)C(C(C)C)N(C(=O)C2(C(N)=O)CCC2)C(C(C)C)C(O)(c2ccc(OC)cc2)c2ccc(OC)cc2)cc1. The van der Waals surface area contributed by atoms with Crippen molar-refractivity contribution in [2.24, 2.45) is 23.0 Å². The number of hydrogen-bond acceptors (Lipinski definition) is 8. The molecule has 4 aromatic rings. The molecule has 2 atom stereocenters. The highest BCUT2D eigenvalue weighted by atomic mass is 16.5. The summed E-state index contributed by atoms with van der Waals surface area (Å²) in [5.74, 6) is 0.153. The van der Waals surface area contributed by atoms with Gasteiger partial charge in [-0.05, 0) is 95.5 Å². The number of carbonyl (C=O) groups excluding carboxylic acids is 2. The number of hydrogen-bond donors (Lipinski definition) is 3. The molecule has 4 N–H and O–H groups in total. The van der Waals surface area contributed by atoms with Crippen molar-refractivity contribution in [3.05, 3.63) is 119 Å². The summed E-state index contributed by atoms with van der Waals surface area (Å²) >= 11 is 0. The van der Waals surface area contributed by atoms with Crippen LogP contribution in [-0.4, -0.2) is 67.5 Å². The minimum atomic E-state index is -1.90. The van der Waals surface area contributed by atoms with Crippen molar-refractivity contribution in [1.29, 1.82) is 0 Å². The minimum absolute atomic E-state index is 0.250. The van der Waals surface area contributed by atoms with Gasteiger partial charge in [0.2, 0.25) is 11.8 Å². The molecule has 54 heavy (non-hydrogen) atoms. The van der Waals surface area contributed by atoms with E-state index in [2.05, 4.69) is 0 Å². The Kier molecular flexibility index (Phi) is 12.0. The smallest absolute Gasteiger partial charge is 0.239 e. The number of methoxy groups -OCH3 is 4. The van der Waals surface area contributed by atoms with Crippen molar-refractivity contribution >= 4 is 11.8 Å². The molecule has 1 saturated carbocycles. The predicted molar refractivity (Wildman–Crippen MR) is 208 cm³/mol. The summed E-state index contributed by atoms with van der Waals surface area (Å²) in [6, 6.07) is 26.1. The van der Waals surface area contributed by atoms with Crippen molar-refractivity contribution in [2.45, 2.75) is 70.2 Å². The summed E-state index contributed by atoms with van der Waals surface area (Å²) in [5, 5.41) is 27.4. The highest BCUT2D eigenvalue weighted by Gasteiger charge is 2.60. The van der Waals surface area contributed by atoms with Gasteiger partial charge < -0.3 is 39.8 Å². The Morgan fingerprint density at radius 2 is 0.833 bits per heavy atom. The molecule has 10 heteroatoms. The Morgan fingerprint density at radius 3 is 1.00 bits per heavy atom. The molecule has 288 valence electrons. The summed E-state index contributed by atoms with van der Waals surface area (Å²) in [4.78, 5) is 30.8. The van der Waals surface area contributed by atoms with Gasteiger partial charge in [0.1, 0.15) is 39.6 Å². The molecule has 0 radical (unpaired) electrons. The molecule has 4 aromatic carbocycles. The number of amides is 2. The van der Waals surface area contributed by atoms with E-state index in [0.29, 0.717) is 51.7 Å². The zero-order valence-corrected chi connectivity index (χ0v) is 32.5. The number of benzene rings is 4. The van der Waals surface area contributed by atoms with Crippen LogP contribution in [0.15, 0.2) is 97.1 Å². The van der Waals surface area contributed by atoms with Crippen LogP contribution in [0.4, 0.5) is 0 Å². The summed E-state index contributed by atoms with van der Waals surface area (Å²) in [5.41, 5.74) is 2.71. The maximum Gasteiger partial charge on any atom is 0.239 e. The molecule has 0 spiro atoms. The van der Waals surface area contributed by atoms with E-state index in [1.54, 1.807) is 130 Å². The Morgan fingerprint density at radius 1 is 0.574 bits per heavy atom. The van der Waals surface area contributed by atoms with Crippen LogP contribution in [0.2, 0.25) is 0 Å². The average molecular weight is 739 g/mol. The fourth-order valence-corrected chi connectivity index (χ4v) is 8.18. The first-order valence-electron chi connectivity index (χ1n) is 18.4. The second kappa shape index (κ2) is 16.1. The molecule has 0 bridgehead atoms. The summed E-state index contributed by atoms with van der Waals surface area (Å²) in [7, 11) is 6.26. The van der Waals surface area contributed by atoms with Gasteiger partial charge in [0.15, 0.2) is 0 Å². The third-order valence-electron chi connectivity index (χ3n) is 11.2. The molecule has 1 fully saturated rings. The Labute approximate surface area is 318 Å². The summed E-state index contributed by atoms with van der Waals surface area (Å²) in [6.45, 7) is 7.71. The summed E-state index contributed by atoms with van der Waals surface area (Å²) < 4.78 is 21.9. The third-order valence-corrected chi connectivity index (χ3v) is 11.2. The fraction of sp³-hybridized carbons (Fsp3) is 0.409. The van der Waals surface area contributed by atoms with Crippen molar-refractivity contribution in [2.75, 3.05) is 28.4 Å². The van der Waals surface area contributed by atoms with Gasteiger partial charge in [0, 0.05) is 0 Å². The third kappa shape index (κ3) is 7.00. The van der Waals surface area contributed by atoms with Crippen LogP contribution in [0.25, 0.3) is 0 Å². The largest absolute Gasteiger partial charge is 0.497 e. The van der Waals surface area contributed by atoms with E-state index in [-0.39, 0.29) is 12.8 Å². The number of carbonyl (C=O) groups is 2. The molecule has 0 aromatic heterocycles. The van der Waals surface area contributed by atoms with Crippen LogP contribution in [0, 0.1) is 17.3 Å². The quantitative estimate of drug-likeness (QED) is 0.112. The molecule has 0 saturated heterocycles. The van der Waals surface area contributed by atoms with E-state index in [1.807, 2.05) is 27.7 Å². The monoisotopic (exact) mass is 738 g/mol. The number of ether oxygens (including phenoxy) is 4. The maximum absolute atomic E-state index is 15.7. The topological polar surface area (TPSA) is 141 Å². The van der Waals surface area contributed by atoms with Gasteiger partial charge in [-0.3, -0.25) is 9.59 Å². The van der Waals surface area contributed by atoms with Crippen LogP contribution in [0.5, 0.6) is 23.0 Å². The second-order valence-electron chi connectivity index (χ2n) is 14.8. The first-order chi connectivity index (χ1) is 25.7. The molecule has 10 nitrogen and oxygen atoms in total. The van der Waals surface area contributed by atoms with Crippen LogP contribution in [-0.2, 0) is 20.8 Å². The number of nitrogens with zero attached hydrogens (tertiary/aromatic N) is 1. The van der Waals surface area contributed by atoms with Gasteiger partial charge in [-0.15, -0.1) is 0 Å². The molecule has 1 aliphatic carbocycles. The number of primary amides is 1. The van der Waals surface area contributed by atoms with E-state index in [9.17, 15) is 15.0 Å². The average Bonchev–Trinajstić information content (AvgIpc) is 3.16. The van der Waals surface area contributed by atoms with Crippen LogP contribution in [0.1, 0.15) is 69.2 Å². The van der Waals surface area contributed by atoms with Crippen molar-refractivity contribution < 1.29 is 38.7 Å². The lowest BCUT2D eigenvalue weighted by Gasteiger charge is -2.56. The Bertz CT molecular complexity index is 1660. The van der Waals surface area contributed by atoms with Gasteiger partial charge in [0.25, 0.3) is 0 Å². The molecule has 0 heterocycles. The van der Waals surface area contributed by atoms with Gasteiger partial charge in [-0.25, -0.2) is 0 Å². The summed E-state index contributed by atoms with van der Waals surface area (Å²) in [6.07, 6.45) is 1.13. The van der Waals surface area contributed by atoms with Gasteiger partial charge in [-0.2, -0.15) is 0 Å². The van der Waals surface area contributed by atoms with Gasteiger partial charge >= 0.3 is 0 Å². The maximum atomic E-state index is 15.7. The first kappa shape index (κ1) is 40.1. The normalized spacial score (nSPS) is 15.2. The first-order valence-corrected chi connectivity index (χ1v) is 18.4. The van der Waals surface area contributed by atoms with E-state index in [1.165, 1.54) is 0 Å². The van der Waals surface area contributed by atoms with Crippen molar-refractivity contribution in [3.8, 4) is 23.0 Å². The van der Waals surface area contributed by atoms with Crippen molar-refractivity contribution in [3.63, 3.8) is 0 Å². The van der Waals surface area contributed by atoms with Crippen molar-refractivity contribution in [1.82, 2.24) is 4.90 Å². The zero-order valence-electron chi connectivity index (χ0n) is 32.5. The van der Waals surface area contributed by atoms with Gasteiger partial charge in [0.05, 0.1) is 40.5 Å². The molecular weight excluding hydrogens is 684 g/mol. The van der Waals surface area contributed by atoms with Gasteiger partial charge in [-0.1, -0.05) is 82.6 Å². The lowest BCUT2D eigenvalue weighted by molar-refractivity contribution is -0.178. The lowest BCUT2D eigenvalue weighted by atomic mass is 9.64. The van der Waals surface area contributed by atoms with Crippen LogP contribution < -0.4 is 24.7 Å². The molecule has 5 rings (SSSR count).